The molecule has 20 heavy (non-hydrogen) atoms. The standard InChI is InChI=1S/C14H12ClNO4/c1-19-12-6-4-3-5-9(12)11-8-7-10(14(17)20-2)13(15)16(11)18/h3-8H,1-2H3. The molecule has 0 spiro atoms. The summed E-state index contributed by atoms with van der Waals surface area (Å²) in [5, 5.41) is 12.0. The van der Waals surface area contributed by atoms with Crippen LogP contribution in [0.3, 0.4) is 0 Å². The van der Waals surface area contributed by atoms with Gasteiger partial charge in [0.05, 0.1) is 19.8 Å². The van der Waals surface area contributed by atoms with E-state index in [0.29, 0.717) is 21.7 Å². The van der Waals surface area contributed by atoms with E-state index in [0.717, 1.165) is 0 Å². The average Bonchev–Trinajstić information content (AvgIpc) is 2.49. The van der Waals surface area contributed by atoms with Crippen molar-refractivity contribution in [2.75, 3.05) is 14.2 Å². The molecule has 1 heterocycles. The maximum Gasteiger partial charge on any atom is 0.345 e. The van der Waals surface area contributed by atoms with E-state index >= 15 is 0 Å². The van der Waals surface area contributed by atoms with Crippen LogP contribution in [0.4, 0.5) is 0 Å². The first-order valence-corrected chi connectivity index (χ1v) is 6.11. The second kappa shape index (κ2) is 5.79. The van der Waals surface area contributed by atoms with Gasteiger partial charge in [0.15, 0.2) is 0 Å². The Bertz CT molecular complexity index is 658. The Morgan fingerprint density at radius 3 is 2.55 bits per heavy atom. The second-order valence-electron chi connectivity index (χ2n) is 3.91. The van der Waals surface area contributed by atoms with Gasteiger partial charge in [0.1, 0.15) is 11.3 Å². The Labute approximate surface area is 120 Å². The fourth-order valence-electron chi connectivity index (χ4n) is 1.83. The minimum absolute atomic E-state index is 0.0165. The Morgan fingerprint density at radius 2 is 1.90 bits per heavy atom. The molecule has 2 aromatic rings. The van der Waals surface area contributed by atoms with Gasteiger partial charge in [-0.15, -0.1) is 0 Å². The van der Waals surface area contributed by atoms with Crippen LogP contribution >= 0.6 is 11.6 Å². The topological polar surface area (TPSA) is 62.5 Å². The number of aromatic nitrogens is 1. The highest BCUT2D eigenvalue weighted by molar-refractivity contribution is 6.31. The van der Waals surface area contributed by atoms with E-state index in [1.54, 1.807) is 24.3 Å². The molecule has 0 aliphatic carbocycles. The normalized spacial score (nSPS) is 10.2. The minimum Gasteiger partial charge on any atom is -0.617 e. The van der Waals surface area contributed by atoms with Gasteiger partial charge in [-0.2, -0.15) is 4.73 Å². The van der Waals surface area contributed by atoms with E-state index in [9.17, 15) is 10.0 Å². The molecule has 0 saturated carbocycles. The Balaban J connectivity index is 2.60. The molecule has 5 nitrogen and oxygen atoms in total. The van der Waals surface area contributed by atoms with Gasteiger partial charge < -0.3 is 14.7 Å². The summed E-state index contributed by atoms with van der Waals surface area (Å²) in [6.07, 6.45) is 0. The molecule has 0 atom stereocenters. The van der Waals surface area contributed by atoms with Crippen LogP contribution in [0.5, 0.6) is 5.75 Å². The number of ether oxygens (including phenoxy) is 2. The highest BCUT2D eigenvalue weighted by Crippen LogP contribution is 2.28. The number of nitrogens with zero attached hydrogens (tertiary/aromatic N) is 1. The summed E-state index contributed by atoms with van der Waals surface area (Å²) in [4.78, 5) is 11.5. The number of methoxy groups -OCH3 is 2. The molecule has 0 bridgehead atoms. The molecule has 1 aromatic carbocycles. The molecule has 0 amide bonds. The molecular weight excluding hydrogens is 282 g/mol. The summed E-state index contributed by atoms with van der Waals surface area (Å²) < 4.78 is 10.2. The Kier molecular flexibility index (Phi) is 4.10. The quantitative estimate of drug-likeness (QED) is 0.377. The maximum absolute atomic E-state index is 12.2. The smallest absolute Gasteiger partial charge is 0.345 e. The molecule has 0 unspecified atom stereocenters. The first-order valence-electron chi connectivity index (χ1n) is 5.74. The van der Waals surface area contributed by atoms with E-state index in [4.69, 9.17) is 16.3 Å². The molecule has 2 rings (SSSR count). The minimum atomic E-state index is -0.661. The summed E-state index contributed by atoms with van der Waals surface area (Å²) in [6.45, 7) is 0. The average molecular weight is 294 g/mol. The molecular formula is C14H12ClNO4. The molecule has 0 aliphatic rings. The predicted octanol–water partition coefficient (Wildman–Crippen LogP) is 2.44. The van der Waals surface area contributed by atoms with Crippen molar-refractivity contribution >= 4 is 17.6 Å². The van der Waals surface area contributed by atoms with Gasteiger partial charge >= 0.3 is 11.1 Å². The molecule has 0 radical (unpaired) electrons. The fraction of sp³-hybridized carbons (Fsp3) is 0.143. The van der Waals surface area contributed by atoms with Gasteiger partial charge in [-0.25, -0.2) is 4.79 Å². The third kappa shape index (κ3) is 2.40. The lowest BCUT2D eigenvalue weighted by Crippen LogP contribution is -2.32. The van der Waals surface area contributed by atoms with Gasteiger partial charge in [-0.3, -0.25) is 0 Å². The molecule has 0 N–H and O–H groups in total. The second-order valence-corrected chi connectivity index (χ2v) is 4.27. The lowest BCUT2D eigenvalue weighted by molar-refractivity contribution is -0.591. The third-order valence-corrected chi connectivity index (χ3v) is 3.17. The summed E-state index contributed by atoms with van der Waals surface area (Å²) in [5.41, 5.74) is 0.895. The van der Waals surface area contributed by atoms with Crippen LogP contribution in [-0.4, -0.2) is 20.2 Å². The van der Waals surface area contributed by atoms with Crippen LogP contribution in [0, 0.1) is 5.21 Å². The largest absolute Gasteiger partial charge is 0.617 e. The van der Waals surface area contributed by atoms with E-state index in [-0.39, 0.29) is 10.7 Å². The zero-order valence-corrected chi connectivity index (χ0v) is 11.7. The number of rotatable bonds is 3. The molecule has 0 aliphatic heterocycles. The monoisotopic (exact) mass is 293 g/mol. The van der Waals surface area contributed by atoms with E-state index in [1.807, 2.05) is 0 Å². The molecule has 0 fully saturated rings. The number of para-hydroxylation sites is 1. The van der Waals surface area contributed by atoms with Gasteiger partial charge in [-0.05, 0) is 29.8 Å². The lowest BCUT2D eigenvalue weighted by atomic mass is 10.1. The number of hydrogen-bond donors (Lipinski definition) is 0. The van der Waals surface area contributed by atoms with Crippen molar-refractivity contribution in [3.63, 3.8) is 0 Å². The summed E-state index contributed by atoms with van der Waals surface area (Å²) in [6, 6.07) is 9.99. The van der Waals surface area contributed by atoms with Crippen LogP contribution in [-0.2, 0) is 4.74 Å². The Morgan fingerprint density at radius 1 is 1.20 bits per heavy atom. The predicted molar refractivity (Wildman–Crippen MR) is 73.7 cm³/mol. The number of esters is 1. The SMILES string of the molecule is COC(=O)c1ccc(-c2ccccc2OC)[n+]([O-])c1Cl. The number of carbonyl (C=O) groups is 1. The van der Waals surface area contributed by atoms with Crippen molar-refractivity contribution < 1.29 is 19.0 Å². The number of halogens is 1. The van der Waals surface area contributed by atoms with Crippen molar-refractivity contribution in [3.05, 3.63) is 52.3 Å². The zero-order chi connectivity index (χ0) is 14.7. The van der Waals surface area contributed by atoms with Crippen LogP contribution < -0.4 is 9.47 Å². The molecule has 6 heteroatoms. The van der Waals surface area contributed by atoms with Crippen molar-refractivity contribution in [1.82, 2.24) is 0 Å². The van der Waals surface area contributed by atoms with Crippen LogP contribution in [0.25, 0.3) is 11.3 Å². The molecule has 1 aromatic heterocycles. The van der Waals surface area contributed by atoms with Gasteiger partial charge in [-0.1, -0.05) is 12.1 Å². The van der Waals surface area contributed by atoms with Gasteiger partial charge in [0.25, 0.3) is 0 Å². The molecule has 0 saturated heterocycles. The van der Waals surface area contributed by atoms with Crippen molar-refractivity contribution in [3.8, 4) is 17.0 Å². The van der Waals surface area contributed by atoms with E-state index in [1.165, 1.54) is 26.4 Å². The van der Waals surface area contributed by atoms with E-state index in [2.05, 4.69) is 4.74 Å². The van der Waals surface area contributed by atoms with Crippen LogP contribution in [0.15, 0.2) is 36.4 Å². The molecule has 104 valence electrons. The summed E-state index contributed by atoms with van der Waals surface area (Å²) in [5.74, 6) is -0.120. The van der Waals surface area contributed by atoms with Gasteiger partial charge in [0, 0.05) is 6.07 Å². The van der Waals surface area contributed by atoms with Crippen LogP contribution in [0.2, 0.25) is 5.15 Å². The Hall–Kier alpha value is -2.27. The highest BCUT2D eigenvalue weighted by atomic mass is 35.5. The van der Waals surface area contributed by atoms with Crippen molar-refractivity contribution in [2.24, 2.45) is 0 Å². The van der Waals surface area contributed by atoms with E-state index < -0.39 is 5.97 Å². The summed E-state index contributed by atoms with van der Waals surface area (Å²) >= 11 is 5.93. The first kappa shape index (κ1) is 14.1. The zero-order valence-electron chi connectivity index (χ0n) is 10.9. The summed E-state index contributed by atoms with van der Waals surface area (Å²) in [7, 11) is 2.74. The fourth-order valence-corrected chi connectivity index (χ4v) is 2.06. The number of pyridine rings is 1. The first-order chi connectivity index (χ1) is 9.60. The number of benzene rings is 1. The lowest BCUT2D eigenvalue weighted by Gasteiger charge is -2.11. The van der Waals surface area contributed by atoms with Crippen LogP contribution in [0.1, 0.15) is 10.4 Å². The van der Waals surface area contributed by atoms with Crippen molar-refractivity contribution in [2.45, 2.75) is 0 Å². The number of hydrogen-bond acceptors (Lipinski definition) is 4. The highest BCUT2D eigenvalue weighted by Gasteiger charge is 2.23. The third-order valence-electron chi connectivity index (χ3n) is 2.82. The number of carbonyl (C=O) groups excluding carboxylic acids is 1. The van der Waals surface area contributed by atoms with Crippen molar-refractivity contribution in [1.29, 1.82) is 0 Å². The maximum atomic E-state index is 12.2. The van der Waals surface area contributed by atoms with Gasteiger partial charge in [0.2, 0.25) is 5.69 Å².